The van der Waals surface area contributed by atoms with E-state index in [1.165, 1.54) is 6.07 Å². The molecule has 0 bridgehead atoms. The molecule has 1 heterocycles. The molecule has 7 nitrogen and oxygen atoms in total. The molecular weight excluding hydrogens is 332 g/mol. The van der Waals surface area contributed by atoms with Crippen molar-refractivity contribution in [3.63, 3.8) is 0 Å². The fraction of sp³-hybridized carbons (Fsp3) is 0.316. The molecule has 2 N–H and O–H groups in total. The smallest absolute Gasteiger partial charge is 0.293 e. The van der Waals surface area contributed by atoms with Crippen LogP contribution in [0.1, 0.15) is 22.3 Å². The summed E-state index contributed by atoms with van der Waals surface area (Å²) < 4.78 is 0. The molecule has 2 aromatic rings. The van der Waals surface area contributed by atoms with Gasteiger partial charge in [0.1, 0.15) is 5.69 Å². The third-order valence-corrected chi connectivity index (χ3v) is 4.67. The number of rotatable bonds is 6. The minimum absolute atomic E-state index is 0.0928. The molecule has 26 heavy (non-hydrogen) atoms. The minimum Gasteiger partial charge on any atom is -0.375 e. The number of likely N-dealkylation sites (N-methyl/N-ethyl adjacent to an activating group) is 1. The Kier molecular flexibility index (Phi) is 5.48. The Morgan fingerprint density at radius 3 is 2.73 bits per heavy atom. The maximum absolute atomic E-state index is 12.7. The van der Waals surface area contributed by atoms with Crippen LogP contribution in [0, 0.1) is 10.1 Å². The molecule has 3 rings (SSSR count). The van der Waals surface area contributed by atoms with E-state index in [1.807, 2.05) is 30.3 Å². The molecule has 1 unspecified atom stereocenters. The van der Waals surface area contributed by atoms with Gasteiger partial charge in [0.2, 0.25) is 0 Å². The van der Waals surface area contributed by atoms with Gasteiger partial charge in [-0.1, -0.05) is 30.3 Å². The lowest BCUT2D eigenvalue weighted by Crippen LogP contribution is -2.38. The first-order chi connectivity index (χ1) is 12.6. The lowest BCUT2D eigenvalue weighted by Gasteiger charge is -2.23. The molecular formula is C19H22N4O3. The number of nitro benzene ring substituents is 1. The summed E-state index contributed by atoms with van der Waals surface area (Å²) in [6.07, 6.45) is 0.890. The summed E-state index contributed by atoms with van der Waals surface area (Å²) in [6.45, 7) is 2.11. The zero-order valence-corrected chi connectivity index (χ0v) is 14.6. The number of hydrogen-bond acceptors (Lipinski definition) is 5. The topological polar surface area (TPSA) is 87.5 Å². The molecule has 1 amide bonds. The highest BCUT2D eigenvalue weighted by molar-refractivity contribution is 5.95. The van der Waals surface area contributed by atoms with Crippen LogP contribution in [0.25, 0.3) is 0 Å². The van der Waals surface area contributed by atoms with Crippen LogP contribution in [-0.4, -0.2) is 41.9 Å². The lowest BCUT2D eigenvalue weighted by molar-refractivity contribution is -0.384. The summed E-state index contributed by atoms with van der Waals surface area (Å²) in [5.74, 6) is -0.198. The molecule has 1 fully saturated rings. The number of carbonyl (C=O) groups is 1. The van der Waals surface area contributed by atoms with Crippen LogP contribution in [0.15, 0.2) is 48.5 Å². The highest BCUT2D eigenvalue weighted by Gasteiger charge is 2.26. The Balaban J connectivity index is 1.77. The molecule has 0 aliphatic carbocycles. The Bertz CT molecular complexity index is 789. The van der Waals surface area contributed by atoms with E-state index >= 15 is 0 Å². The average molecular weight is 354 g/mol. The van der Waals surface area contributed by atoms with Gasteiger partial charge < -0.3 is 15.5 Å². The summed E-state index contributed by atoms with van der Waals surface area (Å²) in [6, 6.07) is 14.4. The van der Waals surface area contributed by atoms with Crippen molar-refractivity contribution < 1.29 is 9.72 Å². The maximum atomic E-state index is 12.7. The zero-order valence-electron chi connectivity index (χ0n) is 14.6. The van der Waals surface area contributed by atoms with Crippen LogP contribution < -0.4 is 10.6 Å². The van der Waals surface area contributed by atoms with Gasteiger partial charge in [-0.15, -0.1) is 0 Å². The first-order valence-electron chi connectivity index (χ1n) is 8.60. The summed E-state index contributed by atoms with van der Waals surface area (Å²) in [5.41, 5.74) is 1.66. The third-order valence-electron chi connectivity index (χ3n) is 4.67. The summed E-state index contributed by atoms with van der Waals surface area (Å²) in [7, 11) is 1.74. The van der Waals surface area contributed by atoms with E-state index in [0.717, 1.165) is 25.1 Å². The zero-order chi connectivity index (χ0) is 18.5. The number of nitro groups is 1. The summed E-state index contributed by atoms with van der Waals surface area (Å²) >= 11 is 0. The number of anilines is 1. The molecule has 0 radical (unpaired) electrons. The van der Waals surface area contributed by atoms with Gasteiger partial charge in [0.15, 0.2) is 0 Å². The van der Waals surface area contributed by atoms with Crippen molar-refractivity contribution >= 4 is 17.3 Å². The average Bonchev–Trinajstić information content (AvgIpc) is 3.20. The van der Waals surface area contributed by atoms with Crippen LogP contribution in [0.3, 0.4) is 0 Å². The Hall–Kier alpha value is -2.93. The minimum atomic E-state index is -0.457. The molecule has 0 aromatic heterocycles. The number of hydrogen-bond donors (Lipinski definition) is 2. The van der Waals surface area contributed by atoms with Crippen molar-refractivity contribution in [3.8, 4) is 0 Å². The predicted octanol–water partition coefficient (Wildman–Crippen LogP) is 2.64. The number of amides is 1. The molecule has 1 saturated heterocycles. The van der Waals surface area contributed by atoms with Gasteiger partial charge in [0, 0.05) is 37.8 Å². The highest BCUT2D eigenvalue weighted by Crippen LogP contribution is 2.27. The molecule has 136 valence electrons. The second-order valence-electron chi connectivity index (χ2n) is 6.39. The van der Waals surface area contributed by atoms with Gasteiger partial charge in [-0.2, -0.15) is 0 Å². The van der Waals surface area contributed by atoms with E-state index in [1.54, 1.807) is 24.1 Å². The Morgan fingerprint density at radius 2 is 2.08 bits per heavy atom. The van der Waals surface area contributed by atoms with Crippen molar-refractivity contribution in [1.82, 2.24) is 10.2 Å². The van der Waals surface area contributed by atoms with E-state index in [2.05, 4.69) is 10.6 Å². The Morgan fingerprint density at radius 1 is 1.31 bits per heavy atom. The molecule has 7 heteroatoms. The standard InChI is InChI=1S/C19H22N4O3/c1-22(16-9-10-20-13-16)19(24)15-7-8-17(18(11-15)23(25)26)21-12-14-5-3-2-4-6-14/h2-8,11,16,20-21H,9-10,12-13H2,1H3. The number of carbonyl (C=O) groups excluding carboxylic acids is 1. The molecule has 0 spiro atoms. The van der Waals surface area contributed by atoms with Crippen molar-refractivity contribution in [1.29, 1.82) is 0 Å². The summed E-state index contributed by atoms with van der Waals surface area (Å²) in [4.78, 5) is 25.3. The Labute approximate surface area is 152 Å². The van der Waals surface area contributed by atoms with Gasteiger partial charge in [0.05, 0.1) is 4.92 Å². The van der Waals surface area contributed by atoms with Crippen molar-refractivity contribution in [2.45, 2.75) is 19.0 Å². The normalized spacial score (nSPS) is 16.3. The van der Waals surface area contributed by atoms with Crippen LogP contribution in [0.4, 0.5) is 11.4 Å². The molecule has 0 saturated carbocycles. The van der Waals surface area contributed by atoms with Gasteiger partial charge in [-0.25, -0.2) is 0 Å². The SMILES string of the molecule is CN(C(=O)c1ccc(NCc2ccccc2)c([N+](=O)[O-])c1)C1CCNC1. The lowest BCUT2D eigenvalue weighted by atomic mass is 10.1. The van der Waals surface area contributed by atoms with Crippen molar-refractivity contribution in [3.05, 3.63) is 69.8 Å². The quantitative estimate of drug-likeness (QED) is 0.615. The highest BCUT2D eigenvalue weighted by atomic mass is 16.6. The molecule has 1 aliphatic heterocycles. The second kappa shape index (κ2) is 7.97. The molecule has 2 aromatic carbocycles. The first-order valence-corrected chi connectivity index (χ1v) is 8.60. The van der Waals surface area contributed by atoms with Crippen LogP contribution in [0.2, 0.25) is 0 Å². The maximum Gasteiger partial charge on any atom is 0.293 e. The fourth-order valence-corrected chi connectivity index (χ4v) is 3.10. The summed E-state index contributed by atoms with van der Waals surface area (Å²) in [5, 5.41) is 17.8. The number of nitrogens with zero attached hydrogens (tertiary/aromatic N) is 2. The van der Waals surface area contributed by atoms with E-state index in [-0.39, 0.29) is 17.6 Å². The molecule has 1 aliphatic rings. The van der Waals surface area contributed by atoms with Gasteiger partial charge in [-0.05, 0) is 30.7 Å². The van der Waals surface area contributed by atoms with Crippen LogP contribution in [0.5, 0.6) is 0 Å². The van der Waals surface area contributed by atoms with Crippen LogP contribution >= 0.6 is 0 Å². The second-order valence-corrected chi connectivity index (χ2v) is 6.39. The number of nitrogens with one attached hydrogen (secondary N) is 2. The first kappa shape index (κ1) is 17.9. The number of benzene rings is 2. The van der Waals surface area contributed by atoms with Crippen molar-refractivity contribution in [2.24, 2.45) is 0 Å². The van der Waals surface area contributed by atoms with E-state index in [0.29, 0.717) is 17.8 Å². The largest absolute Gasteiger partial charge is 0.375 e. The molecule has 1 atom stereocenters. The van der Waals surface area contributed by atoms with E-state index in [9.17, 15) is 14.9 Å². The predicted molar refractivity (Wildman–Crippen MR) is 100 cm³/mol. The van der Waals surface area contributed by atoms with Gasteiger partial charge in [-0.3, -0.25) is 14.9 Å². The van der Waals surface area contributed by atoms with E-state index < -0.39 is 4.92 Å². The van der Waals surface area contributed by atoms with E-state index in [4.69, 9.17) is 0 Å². The van der Waals surface area contributed by atoms with Crippen LogP contribution in [-0.2, 0) is 6.54 Å². The van der Waals surface area contributed by atoms with Crippen molar-refractivity contribution in [2.75, 3.05) is 25.5 Å². The van der Waals surface area contributed by atoms with Gasteiger partial charge in [0.25, 0.3) is 11.6 Å². The monoisotopic (exact) mass is 354 g/mol. The third kappa shape index (κ3) is 4.00. The fourth-order valence-electron chi connectivity index (χ4n) is 3.10. The van der Waals surface area contributed by atoms with Gasteiger partial charge >= 0.3 is 0 Å².